The van der Waals surface area contributed by atoms with Gasteiger partial charge in [0.25, 0.3) is 5.97 Å². The minimum atomic E-state index is -0.930. The molecular formula is C20H33FO3. The molecule has 1 unspecified atom stereocenters. The van der Waals surface area contributed by atoms with E-state index in [-0.39, 0.29) is 11.7 Å². The fourth-order valence-electron chi connectivity index (χ4n) is 2.98. The van der Waals surface area contributed by atoms with Crippen molar-refractivity contribution >= 4 is 0 Å². The second-order valence-corrected chi connectivity index (χ2v) is 6.03. The lowest BCUT2D eigenvalue weighted by Gasteiger charge is -2.37. The first-order valence-electron chi connectivity index (χ1n) is 9.24. The minimum absolute atomic E-state index is 0.156. The van der Waals surface area contributed by atoms with Gasteiger partial charge in [0.15, 0.2) is 0 Å². The summed E-state index contributed by atoms with van der Waals surface area (Å²) in [6, 6.07) is 6.86. The van der Waals surface area contributed by atoms with Crippen molar-refractivity contribution in [1.29, 1.82) is 0 Å². The van der Waals surface area contributed by atoms with Gasteiger partial charge < -0.3 is 14.2 Å². The van der Waals surface area contributed by atoms with E-state index >= 15 is 0 Å². The molecule has 0 saturated heterocycles. The van der Waals surface area contributed by atoms with Gasteiger partial charge >= 0.3 is 0 Å². The first-order chi connectivity index (χ1) is 11.6. The summed E-state index contributed by atoms with van der Waals surface area (Å²) in [7, 11) is 0. The van der Waals surface area contributed by atoms with Crippen LogP contribution in [0.4, 0.5) is 4.39 Å². The molecule has 1 atom stereocenters. The topological polar surface area (TPSA) is 27.7 Å². The Kier molecular flexibility index (Phi) is 10.2. The molecule has 0 radical (unpaired) electrons. The maximum Gasteiger partial charge on any atom is 0.285 e. The molecule has 0 aliphatic carbocycles. The highest BCUT2D eigenvalue weighted by atomic mass is 19.1. The molecule has 138 valence electrons. The highest BCUT2D eigenvalue weighted by Crippen LogP contribution is 2.30. The van der Waals surface area contributed by atoms with Gasteiger partial charge in [-0.1, -0.05) is 31.9 Å². The van der Waals surface area contributed by atoms with Crippen LogP contribution in [0, 0.1) is 11.7 Å². The third kappa shape index (κ3) is 6.88. The zero-order valence-electron chi connectivity index (χ0n) is 15.6. The standard InChI is InChI=1S/C20H33FO3/c1-5-22-20(23-6-2,24-7-3)17(4)12-9-8-10-13-18-14-11-15-19(21)16-18/h11,14-17H,5-10,12-13H2,1-4H3. The van der Waals surface area contributed by atoms with E-state index in [1.807, 2.05) is 26.8 Å². The van der Waals surface area contributed by atoms with Crippen molar-refractivity contribution in [3.8, 4) is 0 Å². The molecule has 1 rings (SSSR count). The van der Waals surface area contributed by atoms with Crippen LogP contribution in [0.25, 0.3) is 0 Å². The van der Waals surface area contributed by atoms with Gasteiger partial charge in [-0.25, -0.2) is 4.39 Å². The van der Waals surface area contributed by atoms with Crippen LogP contribution in [0.15, 0.2) is 24.3 Å². The quantitative estimate of drug-likeness (QED) is 0.359. The van der Waals surface area contributed by atoms with Gasteiger partial charge in [0.2, 0.25) is 0 Å². The fraction of sp³-hybridized carbons (Fsp3) is 0.700. The van der Waals surface area contributed by atoms with Crippen molar-refractivity contribution in [3.05, 3.63) is 35.6 Å². The average Bonchev–Trinajstić information content (AvgIpc) is 2.55. The molecule has 1 aromatic carbocycles. The molecule has 0 heterocycles. The second-order valence-electron chi connectivity index (χ2n) is 6.03. The normalized spacial score (nSPS) is 13.2. The van der Waals surface area contributed by atoms with Gasteiger partial charge in [0.1, 0.15) is 5.82 Å². The third-order valence-electron chi connectivity index (χ3n) is 4.13. The Balaban J connectivity index is 2.40. The van der Waals surface area contributed by atoms with Gasteiger partial charge in [-0.2, -0.15) is 0 Å². The Morgan fingerprint density at radius 2 is 1.58 bits per heavy atom. The third-order valence-corrected chi connectivity index (χ3v) is 4.13. The lowest BCUT2D eigenvalue weighted by atomic mass is 9.98. The largest absolute Gasteiger partial charge is 0.328 e. The molecule has 0 spiro atoms. The van der Waals surface area contributed by atoms with Gasteiger partial charge in [-0.3, -0.25) is 0 Å². The first kappa shape index (κ1) is 21.1. The highest BCUT2D eigenvalue weighted by Gasteiger charge is 2.38. The molecule has 0 aromatic heterocycles. The number of hydrogen-bond acceptors (Lipinski definition) is 3. The number of halogens is 1. The lowest BCUT2D eigenvalue weighted by molar-refractivity contribution is -0.400. The lowest BCUT2D eigenvalue weighted by Crippen LogP contribution is -2.45. The molecule has 1 aromatic rings. The van der Waals surface area contributed by atoms with Crippen LogP contribution >= 0.6 is 0 Å². The highest BCUT2D eigenvalue weighted by molar-refractivity contribution is 5.16. The number of ether oxygens (including phenoxy) is 3. The monoisotopic (exact) mass is 340 g/mol. The SMILES string of the molecule is CCOC(OCC)(OCC)C(C)CCCCCc1cccc(F)c1. The maximum atomic E-state index is 13.2. The van der Waals surface area contributed by atoms with Crippen LogP contribution in [0.2, 0.25) is 0 Å². The molecule has 4 heteroatoms. The van der Waals surface area contributed by atoms with Crippen molar-refractivity contribution in [2.45, 2.75) is 65.8 Å². The maximum absolute atomic E-state index is 13.2. The van der Waals surface area contributed by atoms with Crippen molar-refractivity contribution in [1.82, 2.24) is 0 Å². The molecule has 0 N–H and O–H groups in total. The molecule has 0 aliphatic rings. The zero-order chi connectivity index (χ0) is 17.8. The van der Waals surface area contributed by atoms with Crippen LogP contribution in [-0.4, -0.2) is 25.8 Å². The minimum Gasteiger partial charge on any atom is -0.328 e. The summed E-state index contributed by atoms with van der Waals surface area (Å²) in [5.41, 5.74) is 1.07. The Bertz CT molecular complexity index is 433. The van der Waals surface area contributed by atoms with Crippen LogP contribution < -0.4 is 0 Å². The molecular weight excluding hydrogens is 307 g/mol. The summed E-state index contributed by atoms with van der Waals surface area (Å²) < 4.78 is 30.6. The van der Waals surface area contributed by atoms with Crippen molar-refractivity contribution in [2.24, 2.45) is 5.92 Å². The van der Waals surface area contributed by atoms with E-state index in [9.17, 15) is 4.39 Å². The van der Waals surface area contributed by atoms with Crippen LogP contribution in [0.3, 0.4) is 0 Å². The van der Waals surface area contributed by atoms with Gasteiger partial charge in [0.05, 0.1) is 0 Å². The predicted octanol–water partition coefficient (Wildman–Crippen LogP) is 5.33. The molecule has 24 heavy (non-hydrogen) atoms. The summed E-state index contributed by atoms with van der Waals surface area (Å²) in [6.07, 6.45) is 5.12. The summed E-state index contributed by atoms with van der Waals surface area (Å²) >= 11 is 0. The number of rotatable bonds is 13. The molecule has 0 saturated carbocycles. The summed E-state index contributed by atoms with van der Waals surface area (Å²) in [5, 5.41) is 0. The smallest absolute Gasteiger partial charge is 0.285 e. The molecule has 3 nitrogen and oxygen atoms in total. The average molecular weight is 340 g/mol. The fourth-order valence-corrected chi connectivity index (χ4v) is 2.98. The van der Waals surface area contributed by atoms with Crippen LogP contribution in [0.1, 0.15) is 58.9 Å². The van der Waals surface area contributed by atoms with Crippen LogP contribution in [0.5, 0.6) is 0 Å². The first-order valence-corrected chi connectivity index (χ1v) is 9.24. The number of hydrogen-bond donors (Lipinski definition) is 0. The second kappa shape index (κ2) is 11.6. The number of benzene rings is 1. The zero-order valence-corrected chi connectivity index (χ0v) is 15.6. The van der Waals surface area contributed by atoms with E-state index in [1.54, 1.807) is 12.1 Å². The van der Waals surface area contributed by atoms with Gasteiger partial charge in [-0.15, -0.1) is 0 Å². The van der Waals surface area contributed by atoms with E-state index in [0.717, 1.165) is 37.7 Å². The van der Waals surface area contributed by atoms with Crippen molar-refractivity contribution < 1.29 is 18.6 Å². The molecule has 0 fully saturated rings. The Morgan fingerprint density at radius 1 is 0.958 bits per heavy atom. The Hall–Kier alpha value is -0.970. The van der Waals surface area contributed by atoms with Crippen LogP contribution in [-0.2, 0) is 20.6 Å². The summed E-state index contributed by atoms with van der Waals surface area (Å²) in [5.74, 6) is -0.927. The van der Waals surface area contributed by atoms with Gasteiger partial charge in [0, 0.05) is 25.7 Å². The van der Waals surface area contributed by atoms with Crippen molar-refractivity contribution in [2.75, 3.05) is 19.8 Å². The molecule has 0 bridgehead atoms. The number of unbranched alkanes of at least 4 members (excludes halogenated alkanes) is 2. The Morgan fingerprint density at radius 3 is 2.12 bits per heavy atom. The van der Waals surface area contributed by atoms with Gasteiger partial charge in [-0.05, 0) is 57.7 Å². The predicted molar refractivity (Wildman–Crippen MR) is 95.3 cm³/mol. The van der Waals surface area contributed by atoms with E-state index in [1.165, 1.54) is 6.07 Å². The number of aryl methyl sites for hydroxylation is 1. The Labute approximate surface area is 146 Å². The summed E-state index contributed by atoms with van der Waals surface area (Å²) in [4.78, 5) is 0. The summed E-state index contributed by atoms with van der Waals surface area (Å²) in [6.45, 7) is 9.67. The van der Waals surface area contributed by atoms with E-state index < -0.39 is 5.97 Å². The molecule has 0 amide bonds. The molecule has 0 aliphatic heterocycles. The van der Waals surface area contributed by atoms with E-state index in [2.05, 4.69) is 6.92 Å². The van der Waals surface area contributed by atoms with Crippen molar-refractivity contribution in [3.63, 3.8) is 0 Å². The van der Waals surface area contributed by atoms with E-state index in [4.69, 9.17) is 14.2 Å². The van der Waals surface area contributed by atoms with E-state index in [0.29, 0.717) is 19.8 Å².